The number of rotatable bonds is 11. The zero-order valence-corrected chi connectivity index (χ0v) is 20.9. The second-order valence-corrected chi connectivity index (χ2v) is 10.3. The van der Waals surface area contributed by atoms with Gasteiger partial charge < -0.3 is 19.8 Å². The van der Waals surface area contributed by atoms with E-state index in [1.807, 2.05) is 29.7 Å². The number of methoxy groups -OCH3 is 1. The van der Waals surface area contributed by atoms with Crippen molar-refractivity contribution in [2.75, 3.05) is 33.9 Å². The third-order valence-electron chi connectivity index (χ3n) is 5.82. The summed E-state index contributed by atoms with van der Waals surface area (Å²) in [6.07, 6.45) is 3.37. The van der Waals surface area contributed by atoms with Gasteiger partial charge in [-0.1, -0.05) is 18.2 Å². The number of benzene rings is 1. The van der Waals surface area contributed by atoms with E-state index in [0.29, 0.717) is 25.1 Å². The lowest BCUT2D eigenvalue weighted by Gasteiger charge is -2.18. The van der Waals surface area contributed by atoms with Gasteiger partial charge in [0.1, 0.15) is 16.6 Å². The summed E-state index contributed by atoms with van der Waals surface area (Å²) in [5.74, 6) is 0. The molecule has 0 aliphatic heterocycles. The number of aromatic nitrogens is 4. The van der Waals surface area contributed by atoms with E-state index in [1.165, 1.54) is 4.31 Å². The lowest BCUT2D eigenvalue weighted by atomic mass is 10.2. The number of hydrogen-bond acceptors (Lipinski definition) is 8. The van der Waals surface area contributed by atoms with Crippen LogP contribution in [-0.2, 0) is 32.5 Å². The number of fused-ring (bicyclic) bond motifs is 2. The van der Waals surface area contributed by atoms with E-state index in [-0.39, 0.29) is 18.0 Å². The van der Waals surface area contributed by atoms with Gasteiger partial charge in [0.05, 0.1) is 36.3 Å². The third kappa shape index (κ3) is 5.49. The minimum absolute atomic E-state index is 0.191. The maximum atomic E-state index is 13.1. The van der Waals surface area contributed by atoms with E-state index >= 15 is 0 Å². The van der Waals surface area contributed by atoms with Gasteiger partial charge in [0.15, 0.2) is 0 Å². The molecule has 0 saturated carbocycles. The second-order valence-electron chi connectivity index (χ2n) is 8.26. The molecule has 4 rings (SSSR count). The van der Waals surface area contributed by atoms with Crippen LogP contribution in [0.15, 0.2) is 53.8 Å². The van der Waals surface area contributed by atoms with Crippen molar-refractivity contribution in [2.45, 2.75) is 31.0 Å². The molecule has 3 heterocycles. The first kappa shape index (κ1) is 25.1. The number of nitrogens with two attached hydrogens (primary N) is 1. The standard InChI is InChI=1S/C24H30N6O4S/c1-17-14-20-24(19(28-17)15-22(25)33-3)27-16-30(20)11-13-34-12-10-29(2)35(31,32)21-8-4-6-18-7-5-9-26-23(18)21/h4-9,14,16,22H,10-13,15,25H2,1-3H3. The highest BCUT2D eigenvalue weighted by molar-refractivity contribution is 7.89. The van der Waals surface area contributed by atoms with Crippen molar-refractivity contribution in [3.05, 3.63) is 60.3 Å². The van der Waals surface area contributed by atoms with Crippen LogP contribution < -0.4 is 5.73 Å². The molecule has 0 radical (unpaired) electrons. The molecule has 0 aliphatic rings. The number of sulfonamides is 1. The Labute approximate surface area is 204 Å². The zero-order chi connectivity index (χ0) is 25.0. The average Bonchev–Trinajstić information content (AvgIpc) is 3.25. The van der Waals surface area contributed by atoms with Gasteiger partial charge >= 0.3 is 0 Å². The van der Waals surface area contributed by atoms with Crippen LogP contribution >= 0.6 is 0 Å². The molecule has 1 aromatic carbocycles. The summed E-state index contributed by atoms with van der Waals surface area (Å²) in [7, 11) is -0.586. The molecule has 0 aliphatic carbocycles. The first-order chi connectivity index (χ1) is 16.8. The summed E-state index contributed by atoms with van der Waals surface area (Å²) in [6.45, 7) is 3.38. The van der Waals surface area contributed by atoms with Gasteiger partial charge in [0.25, 0.3) is 0 Å². The van der Waals surface area contributed by atoms with Crippen LogP contribution in [-0.4, -0.2) is 72.4 Å². The minimum atomic E-state index is -3.70. The quantitative estimate of drug-likeness (QED) is 0.246. The molecule has 0 amide bonds. The van der Waals surface area contributed by atoms with Crippen molar-refractivity contribution in [1.29, 1.82) is 0 Å². The number of imidazole rings is 1. The average molecular weight is 499 g/mol. The van der Waals surface area contributed by atoms with Crippen molar-refractivity contribution in [3.63, 3.8) is 0 Å². The molecule has 1 unspecified atom stereocenters. The Bertz CT molecular complexity index is 1420. The summed E-state index contributed by atoms with van der Waals surface area (Å²) in [5.41, 5.74) is 9.78. The molecule has 0 bridgehead atoms. The van der Waals surface area contributed by atoms with Crippen molar-refractivity contribution in [1.82, 2.24) is 23.8 Å². The van der Waals surface area contributed by atoms with Gasteiger partial charge in [-0.2, -0.15) is 4.31 Å². The first-order valence-electron chi connectivity index (χ1n) is 11.3. The maximum Gasteiger partial charge on any atom is 0.245 e. The molecule has 0 fully saturated rings. The Kier molecular flexibility index (Phi) is 7.72. The van der Waals surface area contributed by atoms with Crippen molar-refractivity contribution in [3.8, 4) is 0 Å². The lowest BCUT2D eigenvalue weighted by molar-refractivity contribution is 0.108. The Balaban J connectivity index is 1.35. The maximum absolute atomic E-state index is 13.1. The molecule has 4 aromatic rings. The van der Waals surface area contributed by atoms with Crippen LogP contribution in [0.25, 0.3) is 21.9 Å². The Morgan fingerprint density at radius 1 is 1.14 bits per heavy atom. The molecule has 3 aromatic heterocycles. The van der Waals surface area contributed by atoms with E-state index in [9.17, 15) is 8.42 Å². The largest absolute Gasteiger partial charge is 0.378 e. The highest BCUT2D eigenvalue weighted by Crippen LogP contribution is 2.23. The minimum Gasteiger partial charge on any atom is -0.378 e. The summed E-state index contributed by atoms with van der Waals surface area (Å²) < 4.78 is 40.4. The van der Waals surface area contributed by atoms with Crippen molar-refractivity contribution < 1.29 is 17.9 Å². The summed E-state index contributed by atoms with van der Waals surface area (Å²) in [4.78, 5) is 13.5. The smallest absolute Gasteiger partial charge is 0.245 e. The van der Waals surface area contributed by atoms with Crippen LogP contribution in [0.3, 0.4) is 0 Å². The van der Waals surface area contributed by atoms with Gasteiger partial charge in [-0.05, 0) is 25.1 Å². The monoisotopic (exact) mass is 498 g/mol. The van der Waals surface area contributed by atoms with E-state index in [1.54, 1.807) is 44.9 Å². The van der Waals surface area contributed by atoms with Crippen LogP contribution in [0.1, 0.15) is 11.4 Å². The second kappa shape index (κ2) is 10.8. The van der Waals surface area contributed by atoms with Gasteiger partial charge in [-0.3, -0.25) is 9.97 Å². The molecule has 11 heteroatoms. The van der Waals surface area contributed by atoms with Crippen molar-refractivity contribution in [2.24, 2.45) is 5.73 Å². The van der Waals surface area contributed by atoms with E-state index in [4.69, 9.17) is 15.2 Å². The predicted molar refractivity (Wildman–Crippen MR) is 133 cm³/mol. The SMILES string of the molecule is COC(N)Cc1nc(C)cc2c1ncn2CCOCCN(C)S(=O)(=O)c1cccc2cccnc12. The molecular formula is C24H30N6O4S. The van der Waals surface area contributed by atoms with Gasteiger partial charge in [0.2, 0.25) is 10.0 Å². The highest BCUT2D eigenvalue weighted by atomic mass is 32.2. The molecule has 186 valence electrons. The molecule has 35 heavy (non-hydrogen) atoms. The van der Waals surface area contributed by atoms with E-state index in [2.05, 4.69) is 15.0 Å². The number of likely N-dealkylation sites (N-methyl/N-ethyl adjacent to an activating group) is 1. The van der Waals surface area contributed by atoms with Gasteiger partial charge in [-0.25, -0.2) is 13.4 Å². The van der Waals surface area contributed by atoms with Crippen LogP contribution in [0, 0.1) is 6.92 Å². The highest BCUT2D eigenvalue weighted by Gasteiger charge is 2.23. The lowest BCUT2D eigenvalue weighted by Crippen LogP contribution is -2.30. The molecule has 0 saturated heterocycles. The number of para-hydroxylation sites is 1. The van der Waals surface area contributed by atoms with Crippen molar-refractivity contribution >= 4 is 32.0 Å². The third-order valence-corrected chi connectivity index (χ3v) is 7.71. The van der Waals surface area contributed by atoms with Crippen LogP contribution in [0.5, 0.6) is 0 Å². The first-order valence-corrected chi connectivity index (χ1v) is 12.7. The molecule has 0 spiro atoms. The zero-order valence-electron chi connectivity index (χ0n) is 20.1. The summed E-state index contributed by atoms with van der Waals surface area (Å²) >= 11 is 0. The summed E-state index contributed by atoms with van der Waals surface area (Å²) in [5, 5.41) is 0.781. The number of pyridine rings is 2. The summed E-state index contributed by atoms with van der Waals surface area (Å²) in [6, 6.07) is 10.8. The molecule has 1 atom stereocenters. The molecule has 10 nitrogen and oxygen atoms in total. The fourth-order valence-electron chi connectivity index (χ4n) is 3.89. The Morgan fingerprint density at radius 2 is 1.94 bits per heavy atom. The fraction of sp³-hybridized carbons (Fsp3) is 0.375. The molecule has 2 N–H and O–H groups in total. The number of aryl methyl sites for hydroxylation is 1. The number of ether oxygens (including phenoxy) is 2. The van der Waals surface area contributed by atoms with E-state index < -0.39 is 16.3 Å². The normalized spacial score (nSPS) is 13.2. The van der Waals surface area contributed by atoms with Gasteiger partial charge in [-0.15, -0.1) is 0 Å². The topological polar surface area (TPSA) is 125 Å². The predicted octanol–water partition coefficient (Wildman–Crippen LogP) is 2.10. The van der Waals surface area contributed by atoms with Gasteiger partial charge in [0, 0.05) is 50.9 Å². The fourth-order valence-corrected chi connectivity index (χ4v) is 5.20. The number of hydrogen-bond donors (Lipinski definition) is 1. The number of nitrogens with zero attached hydrogens (tertiary/aromatic N) is 5. The Hall–Kier alpha value is -2.96. The van der Waals surface area contributed by atoms with Crippen LogP contribution in [0.4, 0.5) is 0 Å². The molecular weight excluding hydrogens is 468 g/mol. The Morgan fingerprint density at radius 3 is 2.74 bits per heavy atom. The van der Waals surface area contributed by atoms with Crippen LogP contribution in [0.2, 0.25) is 0 Å². The van der Waals surface area contributed by atoms with E-state index in [0.717, 1.165) is 27.8 Å².